The fourth-order valence-corrected chi connectivity index (χ4v) is 0. The van der Waals surface area contributed by atoms with Crippen molar-refractivity contribution in [2.75, 3.05) is 7.11 Å². The smallest absolute Gasteiger partial charge is 0.303 e. The molecule has 0 spiro atoms. The molecule has 39 valence electrons. The molecule has 1 radical (unpaired) electrons. The molecular weight excluding hydrogens is 130 g/mol. The normalized spacial score (nSPS) is 10.1. The minimum atomic E-state index is -4.15. The zero-order valence-corrected chi connectivity index (χ0v) is 7.05. The van der Waals surface area contributed by atoms with E-state index in [2.05, 4.69) is 4.52 Å². The Labute approximate surface area is 63.4 Å². The third-order valence-corrected chi connectivity index (χ3v) is 0.714. The van der Waals surface area contributed by atoms with E-state index in [9.17, 15) is 4.57 Å². The SMILES string of the molecule is COP(=O)(O)O.[Na]. The molecule has 0 heterocycles. The number of rotatable bonds is 1. The zero-order chi connectivity index (χ0) is 5.21. The molecule has 7 heavy (non-hydrogen) atoms. The van der Waals surface area contributed by atoms with Gasteiger partial charge in [-0.1, -0.05) is 0 Å². The molecule has 0 aliphatic rings. The van der Waals surface area contributed by atoms with Crippen molar-refractivity contribution < 1.29 is 18.9 Å². The third-order valence-electron chi connectivity index (χ3n) is 0.238. The molecular formula is CH5NaO4P. The van der Waals surface area contributed by atoms with Crippen LogP contribution in [0.5, 0.6) is 0 Å². The molecule has 0 unspecified atom stereocenters. The molecule has 0 saturated carbocycles. The Kier molecular flexibility index (Phi) is 6.33. The first-order valence-electron chi connectivity index (χ1n) is 1.17. The van der Waals surface area contributed by atoms with Crippen molar-refractivity contribution in [3.05, 3.63) is 0 Å². The zero-order valence-electron chi connectivity index (χ0n) is 4.16. The first-order chi connectivity index (χ1) is 2.56. The van der Waals surface area contributed by atoms with Gasteiger partial charge in [-0.05, 0) is 0 Å². The maximum Gasteiger partial charge on any atom is 0.469 e. The Morgan fingerprint density at radius 2 is 1.71 bits per heavy atom. The van der Waals surface area contributed by atoms with Crippen LogP contribution < -0.4 is 0 Å². The minimum absolute atomic E-state index is 0. The van der Waals surface area contributed by atoms with Crippen LogP contribution in [-0.4, -0.2) is 46.5 Å². The summed E-state index contributed by atoms with van der Waals surface area (Å²) < 4.78 is 13.1. The number of phosphoric ester groups is 1. The van der Waals surface area contributed by atoms with Gasteiger partial charge in [0, 0.05) is 36.7 Å². The van der Waals surface area contributed by atoms with Crippen LogP contribution in [0.2, 0.25) is 0 Å². The average Bonchev–Trinajstić information content (AvgIpc) is 1.35. The summed E-state index contributed by atoms with van der Waals surface area (Å²) in [6.45, 7) is 0. The Morgan fingerprint density at radius 1 is 1.57 bits per heavy atom. The van der Waals surface area contributed by atoms with Crippen LogP contribution in [-0.2, 0) is 9.09 Å². The predicted octanol–water partition coefficient (Wildman–Crippen LogP) is -0.655. The van der Waals surface area contributed by atoms with Crippen molar-refractivity contribution in [2.45, 2.75) is 0 Å². The van der Waals surface area contributed by atoms with Gasteiger partial charge < -0.3 is 9.79 Å². The van der Waals surface area contributed by atoms with Gasteiger partial charge in [0.25, 0.3) is 0 Å². The van der Waals surface area contributed by atoms with Crippen LogP contribution in [0.4, 0.5) is 0 Å². The first kappa shape index (κ1) is 11.0. The van der Waals surface area contributed by atoms with Crippen molar-refractivity contribution in [1.82, 2.24) is 0 Å². The van der Waals surface area contributed by atoms with Crippen molar-refractivity contribution in [2.24, 2.45) is 0 Å². The molecule has 6 heteroatoms. The summed E-state index contributed by atoms with van der Waals surface area (Å²) >= 11 is 0. The second kappa shape index (κ2) is 4.04. The van der Waals surface area contributed by atoms with E-state index in [-0.39, 0.29) is 29.6 Å². The maximum atomic E-state index is 9.47. The van der Waals surface area contributed by atoms with Crippen molar-refractivity contribution in [3.8, 4) is 0 Å². The molecule has 0 bridgehead atoms. The second-order valence-corrected chi connectivity index (χ2v) is 2.02. The van der Waals surface area contributed by atoms with Gasteiger partial charge in [0.1, 0.15) is 0 Å². The molecule has 0 rings (SSSR count). The van der Waals surface area contributed by atoms with Gasteiger partial charge >= 0.3 is 7.82 Å². The van der Waals surface area contributed by atoms with Gasteiger partial charge in [0.2, 0.25) is 0 Å². The number of hydrogen-bond donors (Lipinski definition) is 2. The quantitative estimate of drug-likeness (QED) is 0.370. The molecule has 0 amide bonds. The molecule has 0 aliphatic heterocycles. The van der Waals surface area contributed by atoms with Crippen LogP contribution in [0, 0.1) is 0 Å². The van der Waals surface area contributed by atoms with E-state index >= 15 is 0 Å². The van der Waals surface area contributed by atoms with E-state index in [1.54, 1.807) is 0 Å². The topological polar surface area (TPSA) is 66.8 Å². The fraction of sp³-hybridized carbons (Fsp3) is 1.00. The summed E-state index contributed by atoms with van der Waals surface area (Å²) in [5, 5.41) is 0. The Hall–Kier alpha value is 1.11. The van der Waals surface area contributed by atoms with Crippen molar-refractivity contribution in [3.63, 3.8) is 0 Å². The molecule has 0 aromatic heterocycles. The van der Waals surface area contributed by atoms with Gasteiger partial charge in [-0.2, -0.15) is 0 Å². The van der Waals surface area contributed by atoms with E-state index < -0.39 is 7.82 Å². The van der Waals surface area contributed by atoms with Crippen LogP contribution in [0.1, 0.15) is 0 Å². The van der Waals surface area contributed by atoms with Crippen LogP contribution >= 0.6 is 7.82 Å². The van der Waals surface area contributed by atoms with E-state index in [1.165, 1.54) is 0 Å². The first-order valence-corrected chi connectivity index (χ1v) is 2.70. The number of hydrogen-bond acceptors (Lipinski definition) is 2. The number of phosphoric acid groups is 1. The molecule has 0 saturated heterocycles. The standard InChI is InChI=1S/CH5O4P.Na/c1-5-6(2,3)4;/h1H3,(H2,2,3,4);. The summed E-state index contributed by atoms with van der Waals surface area (Å²) in [5.41, 5.74) is 0. The van der Waals surface area contributed by atoms with Gasteiger partial charge in [-0.25, -0.2) is 4.57 Å². The molecule has 2 N–H and O–H groups in total. The van der Waals surface area contributed by atoms with Crippen LogP contribution in [0.25, 0.3) is 0 Å². The maximum absolute atomic E-state index is 9.47. The summed E-state index contributed by atoms with van der Waals surface area (Å²) in [7, 11) is -3.20. The molecule has 0 fully saturated rings. The molecule has 0 aliphatic carbocycles. The van der Waals surface area contributed by atoms with Gasteiger partial charge in [0.15, 0.2) is 0 Å². The van der Waals surface area contributed by atoms with Gasteiger partial charge in [0.05, 0.1) is 0 Å². The largest absolute Gasteiger partial charge is 0.469 e. The van der Waals surface area contributed by atoms with Crippen molar-refractivity contribution in [1.29, 1.82) is 0 Å². The average molecular weight is 135 g/mol. The summed E-state index contributed by atoms with van der Waals surface area (Å²) in [6, 6.07) is 0. The Balaban J connectivity index is 0. The van der Waals surface area contributed by atoms with E-state index in [4.69, 9.17) is 9.79 Å². The monoisotopic (exact) mass is 135 g/mol. The second-order valence-electron chi connectivity index (χ2n) is 0.673. The molecule has 0 aromatic rings. The van der Waals surface area contributed by atoms with Crippen molar-refractivity contribution >= 4 is 37.4 Å². The van der Waals surface area contributed by atoms with E-state index in [0.29, 0.717) is 0 Å². The fourth-order valence-electron chi connectivity index (χ4n) is 0. The van der Waals surface area contributed by atoms with Gasteiger partial charge in [-0.15, -0.1) is 0 Å². The predicted molar refractivity (Wildman–Crippen MR) is 24.8 cm³/mol. The van der Waals surface area contributed by atoms with Gasteiger partial charge in [-0.3, -0.25) is 4.52 Å². The van der Waals surface area contributed by atoms with Crippen LogP contribution in [0.3, 0.4) is 0 Å². The summed E-state index contributed by atoms with van der Waals surface area (Å²) in [6.07, 6.45) is 0. The van der Waals surface area contributed by atoms with E-state index in [0.717, 1.165) is 7.11 Å². The van der Waals surface area contributed by atoms with E-state index in [1.807, 2.05) is 0 Å². The Bertz CT molecular complexity index is 75.8. The molecule has 0 aromatic carbocycles. The molecule has 4 nitrogen and oxygen atoms in total. The third kappa shape index (κ3) is 11.0. The summed E-state index contributed by atoms with van der Waals surface area (Å²) in [5.74, 6) is 0. The van der Waals surface area contributed by atoms with Crippen LogP contribution in [0.15, 0.2) is 0 Å². The minimum Gasteiger partial charge on any atom is -0.303 e. The summed E-state index contributed by atoms with van der Waals surface area (Å²) in [4.78, 5) is 15.4. The Morgan fingerprint density at radius 3 is 1.71 bits per heavy atom. The molecule has 0 atom stereocenters.